The molecular formula is C26H26N2O6. The lowest BCUT2D eigenvalue weighted by Crippen LogP contribution is -2.65. The number of pyridine rings is 1. The van der Waals surface area contributed by atoms with Gasteiger partial charge < -0.3 is 23.8 Å². The molecule has 8 heteroatoms. The van der Waals surface area contributed by atoms with Crippen molar-refractivity contribution in [3.63, 3.8) is 0 Å². The molecule has 34 heavy (non-hydrogen) atoms. The van der Waals surface area contributed by atoms with Crippen molar-refractivity contribution in [1.29, 1.82) is 0 Å². The highest BCUT2D eigenvalue weighted by Gasteiger charge is 2.65. The van der Waals surface area contributed by atoms with E-state index >= 15 is 0 Å². The number of methoxy groups -OCH3 is 1. The molecule has 0 N–H and O–H groups in total. The fourth-order valence-corrected chi connectivity index (χ4v) is 6.40. The Bertz CT molecular complexity index is 1230. The third-order valence-electron chi connectivity index (χ3n) is 7.78. The van der Waals surface area contributed by atoms with Crippen molar-refractivity contribution in [3.05, 3.63) is 59.3 Å². The first-order valence-corrected chi connectivity index (χ1v) is 11.5. The predicted molar refractivity (Wildman–Crippen MR) is 121 cm³/mol. The van der Waals surface area contributed by atoms with Crippen LogP contribution in [0, 0.1) is 5.92 Å². The maximum absolute atomic E-state index is 12.0. The Hall–Kier alpha value is -3.39. The molecule has 176 valence electrons. The van der Waals surface area contributed by atoms with E-state index in [1.807, 2.05) is 6.07 Å². The molecule has 2 bridgehead atoms. The summed E-state index contributed by atoms with van der Waals surface area (Å²) in [5, 5.41) is 0. The Labute approximate surface area is 197 Å². The third-order valence-corrected chi connectivity index (χ3v) is 7.78. The number of ether oxygens (including phenoxy) is 4. The number of piperidine rings is 1. The summed E-state index contributed by atoms with van der Waals surface area (Å²) >= 11 is 0. The van der Waals surface area contributed by atoms with Crippen LogP contribution in [0.15, 0.2) is 42.6 Å². The standard InChI is InChI=1S/C26H26N2O6/c1-14(29)32-19-6-4-15-12-18-17-5-7-20(33-21-13-16(8-10-27-21)25(30)31-3)24-26(17,9-11-28(18)2)22(15)23(19)34-24/h4-8,10,13,17-18,20,24H,9,11-12H2,1-3H3/t17-,18+,20-,24-,26-/m0/s1. The minimum absolute atomic E-state index is 0.256. The molecule has 3 heterocycles. The van der Waals surface area contributed by atoms with E-state index in [0.29, 0.717) is 29.0 Å². The van der Waals surface area contributed by atoms with Gasteiger partial charge in [-0.05, 0) is 50.2 Å². The number of likely N-dealkylation sites (N-methyl/N-ethyl adjacent to an activating group) is 1. The second kappa shape index (κ2) is 7.56. The molecule has 1 aromatic carbocycles. The highest BCUT2D eigenvalue weighted by molar-refractivity contribution is 5.89. The van der Waals surface area contributed by atoms with Crippen LogP contribution in [0.3, 0.4) is 0 Å². The van der Waals surface area contributed by atoms with Crippen LogP contribution >= 0.6 is 0 Å². The first-order valence-electron chi connectivity index (χ1n) is 11.5. The van der Waals surface area contributed by atoms with Gasteiger partial charge >= 0.3 is 11.9 Å². The van der Waals surface area contributed by atoms with Crippen LogP contribution in [0.2, 0.25) is 0 Å². The molecule has 0 saturated carbocycles. The van der Waals surface area contributed by atoms with E-state index in [1.165, 1.54) is 25.8 Å². The number of esters is 2. The number of benzene rings is 1. The molecule has 1 fully saturated rings. The zero-order valence-corrected chi connectivity index (χ0v) is 19.3. The molecule has 5 atom stereocenters. The van der Waals surface area contributed by atoms with Crippen LogP contribution in [0.1, 0.15) is 34.8 Å². The lowest BCUT2D eigenvalue weighted by Gasteiger charge is -2.56. The molecule has 2 aliphatic heterocycles. The van der Waals surface area contributed by atoms with Crippen LogP contribution in [0.5, 0.6) is 17.4 Å². The lowest BCUT2D eigenvalue weighted by atomic mass is 9.53. The first-order chi connectivity index (χ1) is 16.4. The highest BCUT2D eigenvalue weighted by atomic mass is 16.6. The molecule has 1 saturated heterocycles. The molecular weight excluding hydrogens is 436 g/mol. The van der Waals surface area contributed by atoms with E-state index in [9.17, 15) is 9.59 Å². The van der Waals surface area contributed by atoms with Crippen molar-refractivity contribution >= 4 is 11.9 Å². The molecule has 2 aromatic rings. The topological polar surface area (TPSA) is 87.2 Å². The number of hydrogen-bond acceptors (Lipinski definition) is 8. The number of carbonyl (C=O) groups excluding carboxylic acids is 2. The van der Waals surface area contributed by atoms with E-state index in [-0.39, 0.29) is 23.4 Å². The average molecular weight is 463 g/mol. The van der Waals surface area contributed by atoms with Gasteiger partial charge in [-0.15, -0.1) is 0 Å². The highest BCUT2D eigenvalue weighted by Crippen LogP contribution is 2.62. The monoisotopic (exact) mass is 462 g/mol. The zero-order chi connectivity index (χ0) is 23.6. The number of carbonyl (C=O) groups is 2. The van der Waals surface area contributed by atoms with E-state index in [4.69, 9.17) is 18.9 Å². The maximum Gasteiger partial charge on any atom is 0.338 e. The van der Waals surface area contributed by atoms with Gasteiger partial charge in [-0.2, -0.15) is 0 Å². The molecule has 0 amide bonds. The smallest absolute Gasteiger partial charge is 0.338 e. The number of rotatable bonds is 4. The molecule has 0 radical (unpaired) electrons. The number of nitrogens with zero attached hydrogens (tertiary/aromatic N) is 2. The van der Waals surface area contributed by atoms with Crippen LogP contribution in [-0.2, 0) is 21.4 Å². The Morgan fingerprint density at radius 1 is 1.24 bits per heavy atom. The molecule has 4 aliphatic rings. The van der Waals surface area contributed by atoms with Crippen LogP contribution < -0.4 is 14.2 Å². The second-order valence-electron chi connectivity index (χ2n) is 9.47. The van der Waals surface area contributed by atoms with Gasteiger partial charge in [0, 0.05) is 42.1 Å². The summed E-state index contributed by atoms with van der Waals surface area (Å²) in [5.41, 5.74) is 2.48. The largest absolute Gasteiger partial charge is 0.481 e. The van der Waals surface area contributed by atoms with Gasteiger partial charge in [-0.25, -0.2) is 9.78 Å². The summed E-state index contributed by atoms with van der Waals surface area (Å²) in [6.45, 7) is 2.34. The van der Waals surface area contributed by atoms with Gasteiger partial charge in [-0.1, -0.05) is 12.1 Å². The van der Waals surface area contributed by atoms with E-state index in [1.54, 1.807) is 12.1 Å². The third kappa shape index (κ3) is 2.91. The fourth-order valence-electron chi connectivity index (χ4n) is 6.40. The summed E-state index contributed by atoms with van der Waals surface area (Å²) in [6, 6.07) is 7.44. The normalized spacial score (nSPS) is 30.2. The van der Waals surface area contributed by atoms with Crippen molar-refractivity contribution in [3.8, 4) is 17.4 Å². The van der Waals surface area contributed by atoms with Crippen LogP contribution in [0.4, 0.5) is 0 Å². The Balaban J connectivity index is 1.44. The SMILES string of the molecule is COC(=O)c1ccnc(O[C@H]2C=C[C@H]3[C@H]4Cc5ccc(OC(C)=O)c6c5[C@@]3(CCN4C)[C@H]2O6)c1. The predicted octanol–water partition coefficient (Wildman–Crippen LogP) is 2.69. The van der Waals surface area contributed by atoms with E-state index in [0.717, 1.165) is 24.9 Å². The number of hydrogen-bond donors (Lipinski definition) is 0. The Kier molecular flexibility index (Phi) is 4.71. The van der Waals surface area contributed by atoms with Gasteiger partial charge in [0.1, 0.15) is 6.10 Å². The molecule has 8 nitrogen and oxygen atoms in total. The summed E-state index contributed by atoms with van der Waals surface area (Å²) in [6.07, 6.45) is 6.92. The summed E-state index contributed by atoms with van der Waals surface area (Å²) in [5.74, 6) is 0.862. The van der Waals surface area contributed by atoms with Gasteiger partial charge in [-0.3, -0.25) is 4.79 Å². The zero-order valence-electron chi connectivity index (χ0n) is 19.3. The summed E-state index contributed by atoms with van der Waals surface area (Å²) < 4.78 is 23.3. The van der Waals surface area contributed by atoms with Gasteiger partial charge in [0.05, 0.1) is 12.7 Å². The number of aromatic nitrogens is 1. The van der Waals surface area contributed by atoms with Crippen LogP contribution in [-0.4, -0.2) is 60.8 Å². The summed E-state index contributed by atoms with van der Waals surface area (Å²) in [4.78, 5) is 30.5. The minimum Gasteiger partial charge on any atom is -0.481 e. The molecule has 1 spiro atoms. The quantitative estimate of drug-likeness (QED) is 0.390. The molecule has 2 aliphatic carbocycles. The van der Waals surface area contributed by atoms with Crippen molar-refractivity contribution in [1.82, 2.24) is 9.88 Å². The summed E-state index contributed by atoms with van der Waals surface area (Å²) in [7, 11) is 3.52. The van der Waals surface area contributed by atoms with E-state index in [2.05, 4.69) is 35.1 Å². The van der Waals surface area contributed by atoms with Crippen molar-refractivity contribution < 1.29 is 28.5 Å². The minimum atomic E-state index is -0.448. The second-order valence-corrected chi connectivity index (χ2v) is 9.47. The Morgan fingerprint density at radius 3 is 2.88 bits per heavy atom. The fraction of sp³-hybridized carbons (Fsp3) is 0.423. The Morgan fingerprint density at radius 2 is 2.09 bits per heavy atom. The average Bonchev–Trinajstić information content (AvgIpc) is 3.18. The van der Waals surface area contributed by atoms with E-state index < -0.39 is 12.1 Å². The molecule has 0 unspecified atom stereocenters. The van der Waals surface area contributed by atoms with Gasteiger partial charge in [0.15, 0.2) is 17.6 Å². The van der Waals surface area contributed by atoms with Gasteiger partial charge in [0.25, 0.3) is 0 Å². The van der Waals surface area contributed by atoms with Gasteiger partial charge in [0.2, 0.25) is 5.88 Å². The maximum atomic E-state index is 12.0. The molecule has 6 rings (SSSR count). The van der Waals surface area contributed by atoms with Crippen LogP contribution in [0.25, 0.3) is 0 Å². The number of likely N-dealkylation sites (tertiary alicyclic amines) is 1. The van der Waals surface area contributed by atoms with Crippen molar-refractivity contribution in [2.45, 2.75) is 43.4 Å². The lowest BCUT2D eigenvalue weighted by molar-refractivity contribution is -0.132. The van der Waals surface area contributed by atoms with Crippen molar-refractivity contribution in [2.24, 2.45) is 5.92 Å². The van der Waals surface area contributed by atoms with Crippen molar-refractivity contribution in [2.75, 3.05) is 20.7 Å². The first kappa shape index (κ1) is 21.2. The molecule has 1 aromatic heterocycles.